The number of esters is 1. The normalized spacial score (nSPS) is 11.6. The highest BCUT2D eigenvalue weighted by atomic mass is 32.2. The van der Waals surface area contributed by atoms with Gasteiger partial charge in [-0.25, -0.2) is 13.1 Å². The van der Waals surface area contributed by atoms with Crippen molar-refractivity contribution in [2.75, 3.05) is 13.7 Å². The average Bonchev–Trinajstić information content (AvgIpc) is 2.73. The Hall–Kier alpha value is -1.41. The van der Waals surface area contributed by atoms with Crippen LogP contribution in [0.5, 0.6) is 0 Å². The molecule has 0 radical (unpaired) electrons. The minimum atomic E-state index is -3.52. The lowest BCUT2D eigenvalue weighted by Gasteiger charge is -2.06. The number of H-pyrrole nitrogens is 1. The second-order valence-electron chi connectivity index (χ2n) is 4.55. The number of nitrogens with zero attached hydrogens (tertiary/aromatic N) is 1. The van der Waals surface area contributed by atoms with E-state index in [2.05, 4.69) is 19.7 Å². The van der Waals surface area contributed by atoms with Crippen LogP contribution < -0.4 is 4.72 Å². The number of aromatic nitrogens is 2. The zero-order valence-corrected chi connectivity index (χ0v) is 12.8. The molecule has 1 aromatic rings. The molecular weight excluding hydrogens is 282 g/mol. The van der Waals surface area contributed by atoms with Crippen molar-refractivity contribution in [3.05, 3.63) is 11.4 Å². The molecule has 0 aliphatic carbocycles. The third-order valence-corrected chi connectivity index (χ3v) is 4.63. The minimum Gasteiger partial charge on any atom is -0.469 e. The van der Waals surface area contributed by atoms with Crippen LogP contribution in [0.2, 0.25) is 0 Å². The maximum Gasteiger partial charge on any atom is 0.305 e. The topological polar surface area (TPSA) is 101 Å². The third-order valence-electron chi connectivity index (χ3n) is 2.91. The van der Waals surface area contributed by atoms with Crippen molar-refractivity contribution >= 4 is 16.0 Å². The summed E-state index contributed by atoms with van der Waals surface area (Å²) < 4.78 is 31.2. The molecule has 1 heterocycles. The summed E-state index contributed by atoms with van der Waals surface area (Å²) in [6.45, 7) is 3.66. The Morgan fingerprint density at radius 3 is 2.55 bits per heavy atom. The second kappa shape index (κ2) is 7.39. The predicted molar refractivity (Wildman–Crippen MR) is 73.7 cm³/mol. The van der Waals surface area contributed by atoms with Crippen LogP contribution in [0.3, 0.4) is 0 Å². The number of hydrogen-bond acceptors (Lipinski definition) is 5. The van der Waals surface area contributed by atoms with E-state index in [1.54, 1.807) is 13.8 Å². The summed E-state index contributed by atoms with van der Waals surface area (Å²) in [7, 11) is -2.17. The standard InChI is InChI=1S/C12H21N3O4S/c1-9-12(10(2)15-14-9)20(17,18)13-8-6-4-5-7-11(16)19-3/h13H,4-8H2,1-3H3,(H,14,15). The Morgan fingerprint density at radius 2 is 2.00 bits per heavy atom. The Morgan fingerprint density at radius 1 is 1.30 bits per heavy atom. The molecule has 1 aromatic heterocycles. The first-order valence-corrected chi connectivity index (χ1v) is 7.95. The van der Waals surface area contributed by atoms with Gasteiger partial charge in [0.05, 0.1) is 18.5 Å². The van der Waals surface area contributed by atoms with Gasteiger partial charge in [0.2, 0.25) is 10.0 Å². The van der Waals surface area contributed by atoms with E-state index in [1.165, 1.54) is 7.11 Å². The summed E-state index contributed by atoms with van der Waals surface area (Å²) in [6.07, 6.45) is 2.49. The van der Waals surface area contributed by atoms with E-state index in [-0.39, 0.29) is 10.9 Å². The molecule has 0 saturated heterocycles. The number of methoxy groups -OCH3 is 1. The SMILES string of the molecule is COC(=O)CCCCCNS(=O)(=O)c1c(C)n[nH]c1C. The number of nitrogens with one attached hydrogen (secondary N) is 2. The summed E-state index contributed by atoms with van der Waals surface area (Å²) in [4.78, 5) is 11.1. The molecular formula is C12H21N3O4S. The summed E-state index contributed by atoms with van der Waals surface area (Å²) >= 11 is 0. The molecule has 1 rings (SSSR count). The number of carbonyl (C=O) groups is 1. The minimum absolute atomic E-state index is 0.215. The summed E-state index contributed by atoms with van der Waals surface area (Å²) in [5.74, 6) is -0.241. The number of aryl methyl sites for hydroxylation is 2. The fourth-order valence-electron chi connectivity index (χ4n) is 1.89. The first-order valence-electron chi connectivity index (χ1n) is 6.46. The molecule has 0 amide bonds. The van der Waals surface area contributed by atoms with Gasteiger partial charge in [0.1, 0.15) is 4.90 Å². The molecule has 0 aliphatic rings. The van der Waals surface area contributed by atoms with Gasteiger partial charge in [-0.3, -0.25) is 9.89 Å². The Balaban J connectivity index is 2.37. The van der Waals surface area contributed by atoms with Crippen LogP contribution in [0, 0.1) is 13.8 Å². The third kappa shape index (κ3) is 4.61. The zero-order valence-electron chi connectivity index (χ0n) is 12.0. The number of unbranched alkanes of at least 4 members (excludes halogenated alkanes) is 2. The van der Waals surface area contributed by atoms with Gasteiger partial charge in [0.15, 0.2) is 0 Å². The molecule has 114 valence electrons. The number of sulfonamides is 1. The largest absolute Gasteiger partial charge is 0.469 e. The van der Waals surface area contributed by atoms with Crippen LogP contribution in [0.15, 0.2) is 4.90 Å². The average molecular weight is 303 g/mol. The molecule has 0 spiro atoms. The monoisotopic (exact) mass is 303 g/mol. The van der Waals surface area contributed by atoms with Crippen molar-refractivity contribution in [2.45, 2.75) is 44.4 Å². The van der Waals surface area contributed by atoms with Gasteiger partial charge >= 0.3 is 5.97 Å². The van der Waals surface area contributed by atoms with Gasteiger partial charge in [-0.2, -0.15) is 5.10 Å². The molecule has 0 aromatic carbocycles. The van der Waals surface area contributed by atoms with Crippen molar-refractivity contribution in [3.8, 4) is 0 Å². The molecule has 0 aliphatic heterocycles. The highest BCUT2D eigenvalue weighted by Gasteiger charge is 2.21. The van der Waals surface area contributed by atoms with Crippen molar-refractivity contribution in [3.63, 3.8) is 0 Å². The van der Waals surface area contributed by atoms with Crippen LogP contribution in [0.4, 0.5) is 0 Å². The number of ether oxygens (including phenoxy) is 1. The molecule has 8 heteroatoms. The molecule has 7 nitrogen and oxygen atoms in total. The van der Waals surface area contributed by atoms with E-state index in [0.717, 1.165) is 6.42 Å². The Bertz CT molecular complexity index is 532. The van der Waals surface area contributed by atoms with Gasteiger partial charge in [-0.15, -0.1) is 0 Å². The van der Waals surface area contributed by atoms with E-state index in [0.29, 0.717) is 37.2 Å². The maximum absolute atomic E-state index is 12.1. The molecule has 2 N–H and O–H groups in total. The fraction of sp³-hybridized carbons (Fsp3) is 0.667. The van der Waals surface area contributed by atoms with Crippen molar-refractivity contribution < 1.29 is 17.9 Å². The quantitative estimate of drug-likeness (QED) is 0.552. The smallest absolute Gasteiger partial charge is 0.305 e. The fourth-order valence-corrected chi connectivity index (χ4v) is 3.33. The van der Waals surface area contributed by atoms with Gasteiger partial charge in [0.25, 0.3) is 0 Å². The Labute approximate surface area is 119 Å². The van der Waals surface area contributed by atoms with Crippen LogP contribution in [0.1, 0.15) is 37.1 Å². The zero-order chi connectivity index (χ0) is 15.2. The number of hydrogen-bond donors (Lipinski definition) is 2. The van der Waals surface area contributed by atoms with Crippen LogP contribution in [-0.2, 0) is 19.6 Å². The van der Waals surface area contributed by atoms with Crippen molar-refractivity contribution in [1.29, 1.82) is 0 Å². The van der Waals surface area contributed by atoms with Gasteiger partial charge in [-0.1, -0.05) is 6.42 Å². The predicted octanol–water partition coefficient (Wildman–Crippen LogP) is 1.04. The maximum atomic E-state index is 12.1. The van der Waals surface area contributed by atoms with Crippen molar-refractivity contribution in [2.24, 2.45) is 0 Å². The van der Waals surface area contributed by atoms with Crippen LogP contribution >= 0.6 is 0 Å². The van der Waals surface area contributed by atoms with Gasteiger partial charge < -0.3 is 4.74 Å². The van der Waals surface area contributed by atoms with E-state index >= 15 is 0 Å². The summed E-state index contributed by atoms with van der Waals surface area (Å²) in [5.41, 5.74) is 0.987. The van der Waals surface area contributed by atoms with Crippen molar-refractivity contribution in [1.82, 2.24) is 14.9 Å². The second-order valence-corrected chi connectivity index (χ2v) is 6.25. The van der Waals surface area contributed by atoms with Gasteiger partial charge in [0, 0.05) is 13.0 Å². The van der Waals surface area contributed by atoms with Crippen LogP contribution in [-0.4, -0.2) is 38.2 Å². The lowest BCUT2D eigenvalue weighted by molar-refractivity contribution is -0.140. The molecule has 0 unspecified atom stereocenters. The van der Waals surface area contributed by atoms with Crippen LogP contribution in [0.25, 0.3) is 0 Å². The van der Waals surface area contributed by atoms with E-state index in [9.17, 15) is 13.2 Å². The number of aromatic amines is 1. The highest BCUT2D eigenvalue weighted by molar-refractivity contribution is 7.89. The molecule has 0 atom stereocenters. The first kappa shape index (κ1) is 16.6. The first-order chi connectivity index (χ1) is 9.38. The molecule has 0 bridgehead atoms. The molecule has 0 saturated carbocycles. The lowest BCUT2D eigenvalue weighted by atomic mass is 10.2. The van der Waals surface area contributed by atoms with E-state index in [1.807, 2.05) is 0 Å². The van der Waals surface area contributed by atoms with E-state index < -0.39 is 10.0 Å². The number of carbonyl (C=O) groups excluding carboxylic acids is 1. The summed E-state index contributed by atoms with van der Waals surface area (Å²) in [5, 5.41) is 6.53. The summed E-state index contributed by atoms with van der Waals surface area (Å²) in [6, 6.07) is 0. The number of rotatable bonds is 8. The van der Waals surface area contributed by atoms with Gasteiger partial charge in [-0.05, 0) is 26.7 Å². The van der Waals surface area contributed by atoms with E-state index in [4.69, 9.17) is 0 Å². The molecule has 20 heavy (non-hydrogen) atoms. The highest BCUT2D eigenvalue weighted by Crippen LogP contribution is 2.16. The Kier molecular flexibility index (Phi) is 6.15. The lowest BCUT2D eigenvalue weighted by Crippen LogP contribution is -2.25. The molecule has 0 fully saturated rings.